The molecular formula is C8H19O4PS. The Kier molecular flexibility index (Phi) is 7.74. The van der Waals surface area contributed by atoms with Gasteiger partial charge >= 0.3 is 7.60 Å². The molecule has 86 valence electrons. The summed E-state index contributed by atoms with van der Waals surface area (Å²) in [6.45, 7) is 4.62. The second kappa shape index (κ2) is 7.57. The average molecular weight is 242 g/mol. The molecule has 4 nitrogen and oxygen atoms in total. The molecule has 0 aromatic heterocycles. The summed E-state index contributed by atoms with van der Waals surface area (Å²) in [5.41, 5.74) is -0.00694. The summed E-state index contributed by atoms with van der Waals surface area (Å²) in [7, 11) is -4.26. The molecule has 0 rings (SSSR count). The zero-order chi connectivity index (χ0) is 11.0. The van der Waals surface area contributed by atoms with E-state index in [9.17, 15) is 8.77 Å². The molecule has 0 aromatic rings. The molecule has 0 aliphatic heterocycles. The van der Waals surface area contributed by atoms with Crippen molar-refractivity contribution in [3.63, 3.8) is 0 Å². The topological polar surface area (TPSA) is 52.6 Å². The summed E-state index contributed by atoms with van der Waals surface area (Å²) >= 11 is 0. The van der Waals surface area contributed by atoms with E-state index in [-0.39, 0.29) is 5.49 Å². The van der Waals surface area contributed by atoms with E-state index in [1.807, 2.05) is 13.8 Å². The van der Waals surface area contributed by atoms with Crippen molar-refractivity contribution in [1.82, 2.24) is 0 Å². The van der Waals surface area contributed by atoms with E-state index < -0.39 is 18.4 Å². The van der Waals surface area contributed by atoms with Gasteiger partial charge in [0.15, 0.2) is 0 Å². The third kappa shape index (κ3) is 6.71. The molecule has 0 N–H and O–H groups in total. The van der Waals surface area contributed by atoms with Crippen LogP contribution >= 0.6 is 7.60 Å². The fourth-order valence-electron chi connectivity index (χ4n) is 0.795. The van der Waals surface area contributed by atoms with Crippen molar-refractivity contribution >= 4 is 18.4 Å². The first-order chi connectivity index (χ1) is 6.54. The molecule has 0 heterocycles. The Hall–Kier alpha value is 0.300. The highest BCUT2D eigenvalue weighted by atomic mass is 32.2. The van der Waals surface area contributed by atoms with Crippen molar-refractivity contribution < 1.29 is 17.8 Å². The number of hydrogen-bond donors (Lipinski definition) is 0. The lowest BCUT2D eigenvalue weighted by molar-refractivity contribution is 0.208. The van der Waals surface area contributed by atoms with Crippen LogP contribution in [-0.4, -0.2) is 29.2 Å². The third-order valence-electron chi connectivity index (χ3n) is 1.32. The Morgan fingerprint density at radius 2 is 1.57 bits per heavy atom. The minimum atomic E-state index is -3.11. The average Bonchev–Trinajstić information content (AvgIpc) is 2.11. The molecule has 0 radical (unpaired) electrons. The summed E-state index contributed by atoms with van der Waals surface area (Å²) in [5, 5.41) is 0. The van der Waals surface area contributed by atoms with Crippen LogP contribution in [0, 0.1) is 0 Å². The van der Waals surface area contributed by atoms with Crippen LogP contribution in [0.1, 0.15) is 26.7 Å². The maximum Gasteiger partial charge on any atom is 0.343 e. The van der Waals surface area contributed by atoms with E-state index in [0.29, 0.717) is 13.2 Å². The maximum atomic E-state index is 11.9. The summed E-state index contributed by atoms with van der Waals surface area (Å²) in [6, 6.07) is 0. The Morgan fingerprint density at radius 3 is 1.86 bits per heavy atom. The van der Waals surface area contributed by atoms with Gasteiger partial charge in [-0.25, -0.2) is 0 Å². The van der Waals surface area contributed by atoms with E-state index in [1.165, 1.54) is 6.26 Å². The van der Waals surface area contributed by atoms with Crippen LogP contribution in [0.4, 0.5) is 0 Å². The van der Waals surface area contributed by atoms with Gasteiger partial charge in [-0.3, -0.25) is 8.77 Å². The highest BCUT2D eigenvalue weighted by Crippen LogP contribution is 2.48. The molecule has 0 fully saturated rings. The van der Waals surface area contributed by atoms with Gasteiger partial charge in [0.2, 0.25) is 0 Å². The van der Waals surface area contributed by atoms with Crippen LogP contribution in [0.25, 0.3) is 0 Å². The van der Waals surface area contributed by atoms with Crippen LogP contribution in [0.5, 0.6) is 0 Å². The Morgan fingerprint density at radius 1 is 1.14 bits per heavy atom. The number of rotatable bonds is 8. The molecule has 6 heteroatoms. The summed E-state index contributed by atoms with van der Waals surface area (Å²) in [6.07, 6.45) is 3.04. The van der Waals surface area contributed by atoms with Gasteiger partial charge in [0.05, 0.1) is 13.2 Å². The lowest BCUT2D eigenvalue weighted by Gasteiger charge is -2.16. The first-order valence-corrected chi connectivity index (χ1v) is 8.17. The monoisotopic (exact) mass is 242 g/mol. The standard InChI is InChI=1S/C8H19O4PS/c1-4-6-11-13(9,8-14(3)10)12-7-5-2/h4-8H2,1-3H3. The minimum absolute atomic E-state index is 0.00694. The SMILES string of the molecule is CCCOP(=O)(CS(C)=O)OCCC. The first-order valence-electron chi connectivity index (χ1n) is 4.72. The molecule has 1 atom stereocenters. The minimum Gasteiger partial charge on any atom is -0.308 e. The van der Waals surface area contributed by atoms with Crippen LogP contribution in [-0.2, 0) is 24.4 Å². The van der Waals surface area contributed by atoms with Gasteiger partial charge in [0.1, 0.15) is 5.49 Å². The molecule has 1 unspecified atom stereocenters. The van der Waals surface area contributed by atoms with E-state index in [2.05, 4.69) is 0 Å². The molecule has 0 aliphatic rings. The molecule has 14 heavy (non-hydrogen) atoms. The molecule has 0 bridgehead atoms. The second-order valence-corrected chi connectivity index (χ2v) is 6.90. The van der Waals surface area contributed by atoms with E-state index in [1.54, 1.807) is 0 Å². The molecule has 0 saturated carbocycles. The normalized spacial score (nSPS) is 14.2. The fourth-order valence-corrected chi connectivity index (χ4v) is 4.17. The van der Waals surface area contributed by atoms with Crippen molar-refractivity contribution in [2.75, 3.05) is 25.0 Å². The molecular weight excluding hydrogens is 223 g/mol. The fraction of sp³-hybridized carbons (Fsp3) is 1.00. The van der Waals surface area contributed by atoms with Crippen LogP contribution in [0.15, 0.2) is 0 Å². The van der Waals surface area contributed by atoms with Crippen molar-refractivity contribution in [3.05, 3.63) is 0 Å². The van der Waals surface area contributed by atoms with Crippen LogP contribution in [0.3, 0.4) is 0 Å². The highest BCUT2D eigenvalue weighted by molar-refractivity contribution is 7.91. The smallest absolute Gasteiger partial charge is 0.308 e. The number of hydrogen-bond acceptors (Lipinski definition) is 4. The Labute approximate surface area is 88.4 Å². The molecule has 0 saturated heterocycles. The lowest BCUT2D eigenvalue weighted by Crippen LogP contribution is -2.05. The van der Waals surface area contributed by atoms with Crippen molar-refractivity contribution in [2.45, 2.75) is 26.7 Å². The lowest BCUT2D eigenvalue weighted by atomic mass is 10.5. The molecule has 0 amide bonds. The molecule has 0 aromatic carbocycles. The van der Waals surface area contributed by atoms with Gasteiger partial charge in [-0.2, -0.15) is 0 Å². The third-order valence-corrected chi connectivity index (χ3v) is 5.20. The zero-order valence-corrected chi connectivity index (χ0v) is 10.7. The van der Waals surface area contributed by atoms with E-state index >= 15 is 0 Å². The molecule has 0 aliphatic carbocycles. The maximum absolute atomic E-state index is 11.9. The second-order valence-electron chi connectivity index (χ2n) is 2.98. The van der Waals surface area contributed by atoms with E-state index in [4.69, 9.17) is 9.05 Å². The Bertz CT molecular complexity index is 207. The largest absolute Gasteiger partial charge is 0.343 e. The van der Waals surface area contributed by atoms with Crippen molar-refractivity contribution in [1.29, 1.82) is 0 Å². The van der Waals surface area contributed by atoms with Gasteiger partial charge in [0.25, 0.3) is 0 Å². The van der Waals surface area contributed by atoms with Gasteiger partial charge in [-0.05, 0) is 12.8 Å². The van der Waals surface area contributed by atoms with Crippen LogP contribution in [0.2, 0.25) is 0 Å². The van der Waals surface area contributed by atoms with Gasteiger partial charge in [-0.1, -0.05) is 13.8 Å². The summed E-state index contributed by atoms with van der Waals surface area (Å²) in [4.78, 5) is 0. The predicted molar refractivity (Wildman–Crippen MR) is 59.0 cm³/mol. The van der Waals surface area contributed by atoms with Gasteiger partial charge in [-0.15, -0.1) is 0 Å². The Balaban J connectivity index is 4.18. The predicted octanol–water partition coefficient (Wildman–Crippen LogP) is 2.37. The van der Waals surface area contributed by atoms with Gasteiger partial charge < -0.3 is 9.05 Å². The summed E-state index contributed by atoms with van der Waals surface area (Å²) < 4.78 is 33.1. The summed E-state index contributed by atoms with van der Waals surface area (Å²) in [5.74, 6) is 0. The zero-order valence-electron chi connectivity index (χ0n) is 9.02. The van der Waals surface area contributed by atoms with E-state index in [0.717, 1.165) is 12.8 Å². The van der Waals surface area contributed by atoms with Crippen molar-refractivity contribution in [3.8, 4) is 0 Å². The first kappa shape index (κ1) is 14.3. The van der Waals surface area contributed by atoms with Crippen LogP contribution < -0.4 is 0 Å². The van der Waals surface area contributed by atoms with Crippen molar-refractivity contribution in [2.24, 2.45) is 0 Å². The highest BCUT2D eigenvalue weighted by Gasteiger charge is 2.25. The molecule has 0 spiro atoms. The quantitative estimate of drug-likeness (QED) is 0.613. The van der Waals surface area contributed by atoms with Gasteiger partial charge in [0, 0.05) is 17.1 Å².